The van der Waals surface area contributed by atoms with Crippen molar-refractivity contribution in [2.75, 3.05) is 12.8 Å². The number of nitrogens with one attached hydrogen (secondary N) is 1. The lowest BCUT2D eigenvalue weighted by molar-refractivity contribution is 0.417. The van der Waals surface area contributed by atoms with Crippen LogP contribution in [0.15, 0.2) is 18.2 Å². The Morgan fingerprint density at radius 1 is 1.30 bits per heavy atom. The molecular weight excluding hydrogens is 276 g/mol. The molecule has 112 valence electrons. The Balaban J connectivity index is 1.98. The second kappa shape index (κ2) is 6.45. The van der Waals surface area contributed by atoms with Crippen LogP contribution in [0, 0.1) is 0 Å². The Morgan fingerprint density at radius 2 is 2.00 bits per heavy atom. The molecule has 1 aromatic rings. The molecule has 1 aromatic carbocycles. The van der Waals surface area contributed by atoms with Gasteiger partial charge in [0.1, 0.15) is 5.75 Å². The first kappa shape index (κ1) is 15.1. The van der Waals surface area contributed by atoms with Crippen LogP contribution in [0.4, 0.5) is 5.69 Å². The van der Waals surface area contributed by atoms with Crippen LogP contribution >= 0.6 is 0 Å². The third-order valence-corrected chi connectivity index (χ3v) is 5.66. The molecule has 20 heavy (non-hydrogen) atoms. The largest absolute Gasteiger partial charge is 0.495 e. The van der Waals surface area contributed by atoms with Crippen molar-refractivity contribution in [1.29, 1.82) is 0 Å². The van der Waals surface area contributed by atoms with Crippen LogP contribution in [0.1, 0.15) is 37.7 Å². The molecule has 3 N–H and O–H groups in total. The van der Waals surface area contributed by atoms with E-state index in [4.69, 9.17) is 10.5 Å². The summed E-state index contributed by atoms with van der Waals surface area (Å²) in [5, 5.41) is -0.244. The first-order valence-electron chi connectivity index (χ1n) is 6.94. The summed E-state index contributed by atoms with van der Waals surface area (Å²) in [6, 6.07) is 5.31. The van der Waals surface area contributed by atoms with Gasteiger partial charge in [-0.25, -0.2) is 13.1 Å². The number of nitrogens with two attached hydrogens (primary N) is 1. The van der Waals surface area contributed by atoms with Crippen molar-refractivity contribution in [3.63, 3.8) is 0 Å². The van der Waals surface area contributed by atoms with E-state index in [1.165, 1.54) is 0 Å². The van der Waals surface area contributed by atoms with Gasteiger partial charge in [0.15, 0.2) is 0 Å². The second-order valence-corrected chi connectivity index (χ2v) is 7.25. The molecule has 5 nitrogen and oxygen atoms in total. The van der Waals surface area contributed by atoms with E-state index in [2.05, 4.69) is 4.72 Å². The highest BCUT2D eigenvalue weighted by Gasteiger charge is 2.26. The van der Waals surface area contributed by atoms with Crippen molar-refractivity contribution in [3.05, 3.63) is 23.8 Å². The molecule has 1 fully saturated rings. The Morgan fingerprint density at radius 3 is 2.60 bits per heavy atom. The van der Waals surface area contributed by atoms with E-state index in [1.54, 1.807) is 19.2 Å². The molecule has 1 aliphatic rings. The van der Waals surface area contributed by atoms with Crippen LogP contribution in [0.3, 0.4) is 0 Å². The zero-order chi connectivity index (χ0) is 14.6. The van der Waals surface area contributed by atoms with Gasteiger partial charge >= 0.3 is 0 Å². The van der Waals surface area contributed by atoms with Crippen LogP contribution in [-0.2, 0) is 16.6 Å². The number of rotatable bonds is 5. The molecule has 0 spiro atoms. The maximum Gasteiger partial charge on any atom is 0.214 e. The van der Waals surface area contributed by atoms with Crippen LogP contribution in [-0.4, -0.2) is 20.8 Å². The highest BCUT2D eigenvalue weighted by atomic mass is 32.2. The summed E-state index contributed by atoms with van der Waals surface area (Å²) in [5.41, 5.74) is 7.16. The lowest BCUT2D eigenvalue weighted by atomic mass is 10.0. The molecule has 0 radical (unpaired) electrons. The van der Waals surface area contributed by atoms with Crippen molar-refractivity contribution < 1.29 is 13.2 Å². The number of hydrogen-bond donors (Lipinski definition) is 2. The van der Waals surface area contributed by atoms with E-state index in [9.17, 15) is 8.42 Å². The molecule has 0 saturated heterocycles. The van der Waals surface area contributed by atoms with Gasteiger partial charge in [0, 0.05) is 6.54 Å². The Hall–Kier alpha value is -1.27. The molecule has 0 amide bonds. The fourth-order valence-electron chi connectivity index (χ4n) is 2.57. The molecule has 2 rings (SSSR count). The fourth-order valence-corrected chi connectivity index (χ4v) is 4.13. The number of hydrogen-bond acceptors (Lipinski definition) is 4. The summed E-state index contributed by atoms with van der Waals surface area (Å²) < 4.78 is 32.2. The SMILES string of the molecule is COc1ccc(CNS(=O)(=O)C2CCCCC2)cc1N. The van der Waals surface area contributed by atoms with Crippen LogP contribution in [0.25, 0.3) is 0 Å². The maximum absolute atomic E-state index is 12.2. The maximum atomic E-state index is 12.2. The minimum Gasteiger partial charge on any atom is -0.495 e. The van der Waals surface area contributed by atoms with E-state index in [1.807, 2.05) is 6.07 Å². The molecule has 0 aliphatic heterocycles. The number of anilines is 1. The van der Waals surface area contributed by atoms with E-state index < -0.39 is 10.0 Å². The highest BCUT2D eigenvalue weighted by Crippen LogP contribution is 2.24. The molecule has 0 heterocycles. The van der Waals surface area contributed by atoms with E-state index in [0.29, 0.717) is 11.4 Å². The van der Waals surface area contributed by atoms with E-state index in [-0.39, 0.29) is 11.8 Å². The van der Waals surface area contributed by atoms with E-state index >= 15 is 0 Å². The average molecular weight is 298 g/mol. The monoisotopic (exact) mass is 298 g/mol. The molecule has 6 heteroatoms. The van der Waals surface area contributed by atoms with Gasteiger partial charge in [-0.15, -0.1) is 0 Å². The van der Waals surface area contributed by atoms with Gasteiger partial charge in [-0.2, -0.15) is 0 Å². The molecule has 0 atom stereocenters. The smallest absolute Gasteiger partial charge is 0.214 e. The zero-order valence-electron chi connectivity index (χ0n) is 11.8. The average Bonchev–Trinajstić information content (AvgIpc) is 2.46. The first-order valence-corrected chi connectivity index (χ1v) is 8.48. The molecular formula is C14H22N2O3S. The minimum absolute atomic E-state index is 0.244. The summed E-state index contributed by atoms with van der Waals surface area (Å²) in [5.74, 6) is 0.601. The Labute approximate surface area is 120 Å². The third kappa shape index (κ3) is 3.64. The standard InChI is InChI=1S/C14H22N2O3S/c1-19-14-8-7-11(9-13(14)15)10-16-20(17,18)12-5-3-2-4-6-12/h7-9,12,16H,2-6,10,15H2,1H3. The number of ether oxygens (including phenoxy) is 1. The van der Waals surface area contributed by atoms with Gasteiger partial charge in [-0.3, -0.25) is 0 Å². The van der Waals surface area contributed by atoms with Gasteiger partial charge < -0.3 is 10.5 Å². The molecule has 0 aromatic heterocycles. The fraction of sp³-hybridized carbons (Fsp3) is 0.571. The zero-order valence-corrected chi connectivity index (χ0v) is 12.6. The normalized spacial score (nSPS) is 17.1. The van der Waals surface area contributed by atoms with Crippen molar-refractivity contribution in [2.24, 2.45) is 0 Å². The molecule has 1 aliphatic carbocycles. The molecule has 0 bridgehead atoms. The van der Waals surface area contributed by atoms with Crippen molar-refractivity contribution in [1.82, 2.24) is 4.72 Å². The Kier molecular flexibility index (Phi) is 4.88. The van der Waals surface area contributed by atoms with Gasteiger partial charge in [0.05, 0.1) is 18.0 Å². The van der Waals surface area contributed by atoms with Gasteiger partial charge in [-0.1, -0.05) is 25.3 Å². The number of nitrogen functional groups attached to an aromatic ring is 1. The topological polar surface area (TPSA) is 81.4 Å². The van der Waals surface area contributed by atoms with Gasteiger partial charge in [0.2, 0.25) is 10.0 Å². The third-order valence-electron chi connectivity index (χ3n) is 3.76. The summed E-state index contributed by atoms with van der Waals surface area (Å²) >= 11 is 0. The minimum atomic E-state index is -3.23. The predicted molar refractivity (Wildman–Crippen MR) is 80.0 cm³/mol. The van der Waals surface area contributed by atoms with Crippen LogP contribution in [0.5, 0.6) is 5.75 Å². The molecule has 1 saturated carbocycles. The summed E-state index contributed by atoms with van der Waals surface area (Å²) in [7, 11) is -1.68. The number of sulfonamides is 1. The Bertz CT molecular complexity index is 552. The molecule has 0 unspecified atom stereocenters. The summed E-state index contributed by atoms with van der Waals surface area (Å²) in [6.07, 6.45) is 4.67. The van der Waals surface area contributed by atoms with E-state index in [0.717, 1.165) is 37.7 Å². The van der Waals surface area contributed by atoms with Crippen LogP contribution < -0.4 is 15.2 Å². The van der Waals surface area contributed by atoms with Crippen molar-refractivity contribution >= 4 is 15.7 Å². The van der Waals surface area contributed by atoms with Gasteiger partial charge in [-0.05, 0) is 30.5 Å². The van der Waals surface area contributed by atoms with Crippen LogP contribution in [0.2, 0.25) is 0 Å². The van der Waals surface area contributed by atoms with Gasteiger partial charge in [0.25, 0.3) is 0 Å². The van der Waals surface area contributed by atoms with Crippen molar-refractivity contribution in [2.45, 2.75) is 43.9 Å². The highest BCUT2D eigenvalue weighted by molar-refractivity contribution is 7.90. The predicted octanol–water partition coefficient (Wildman–Crippen LogP) is 2.03. The second-order valence-electron chi connectivity index (χ2n) is 5.20. The van der Waals surface area contributed by atoms with Crippen molar-refractivity contribution in [3.8, 4) is 5.75 Å². The lowest BCUT2D eigenvalue weighted by Gasteiger charge is -2.22. The first-order chi connectivity index (χ1) is 9.53. The lowest BCUT2D eigenvalue weighted by Crippen LogP contribution is -2.35. The number of benzene rings is 1. The summed E-state index contributed by atoms with van der Waals surface area (Å²) in [4.78, 5) is 0. The summed E-state index contributed by atoms with van der Waals surface area (Å²) in [6.45, 7) is 0.271. The quantitative estimate of drug-likeness (QED) is 0.815. The number of methoxy groups -OCH3 is 1.